The first kappa shape index (κ1) is 24.4. The highest BCUT2D eigenvalue weighted by atomic mass is 32.1. The Morgan fingerprint density at radius 1 is 1.11 bits per heavy atom. The molecule has 2 aromatic carbocycles. The monoisotopic (exact) mass is 492 g/mol. The van der Waals surface area contributed by atoms with Crippen LogP contribution in [0.2, 0.25) is 0 Å². The van der Waals surface area contributed by atoms with Gasteiger partial charge in [-0.1, -0.05) is 24.3 Å². The molecule has 0 fully saturated rings. The van der Waals surface area contributed by atoms with Crippen molar-refractivity contribution < 1.29 is 18.7 Å². The van der Waals surface area contributed by atoms with Crippen molar-refractivity contribution in [2.75, 3.05) is 6.61 Å². The largest absolute Gasteiger partial charge is 0.494 e. The fraction of sp³-hybridized carbons (Fsp3) is 0.269. The first-order valence-corrected chi connectivity index (χ1v) is 11.9. The van der Waals surface area contributed by atoms with E-state index in [1.54, 1.807) is 6.26 Å². The van der Waals surface area contributed by atoms with E-state index < -0.39 is 0 Å². The maximum Gasteiger partial charge on any atom is 0.222 e. The Morgan fingerprint density at radius 3 is 2.71 bits per heavy atom. The number of benzene rings is 2. The zero-order valence-corrected chi connectivity index (χ0v) is 20.3. The molecule has 0 atom stereocenters. The minimum Gasteiger partial charge on any atom is -0.494 e. The topological polar surface area (TPSA) is 94.3 Å². The van der Waals surface area contributed by atoms with Crippen molar-refractivity contribution in [1.29, 1.82) is 0 Å². The third-order valence-electron chi connectivity index (χ3n) is 5.32. The number of aromatic nitrogens is 3. The van der Waals surface area contributed by atoms with E-state index in [1.807, 2.05) is 72.2 Å². The van der Waals surface area contributed by atoms with Gasteiger partial charge in [-0.05, 0) is 66.7 Å². The van der Waals surface area contributed by atoms with Crippen LogP contribution in [-0.2, 0) is 35.8 Å². The predicted octanol–water partition coefficient (Wildman–Crippen LogP) is 5.02. The number of aromatic amines is 1. The molecule has 0 aliphatic carbocycles. The molecule has 0 spiro atoms. The molecular formula is C26H28N4O4S. The Labute approximate surface area is 208 Å². The summed E-state index contributed by atoms with van der Waals surface area (Å²) in [5.41, 5.74) is 2.94. The molecule has 2 N–H and O–H groups in total. The van der Waals surface area contributed by atoms with E-state index in [0.717, 1.165) is 28.2 Å². The van der Waals surface area contributed by atoms with Crippen molar-refractivity contribution in [3.8, 4) is 17.1 Å². The Bertz CT molecular complexity index is 1280. The zero-order valence-electron chi connectivity index (χ0n) is 19.5. The third kappa shape index (κ3) is 6.91. The second kappa shape index (κ2) is 12.1. The van der Waals surface area contributed by atoms with Gasteiger partial charge in [-0.25, -0.2) is 0 Å². The Hall–Kier alpha value is -3.69. The SMILES string of the molecule is CCOc1ccc(-c2n[nH]c(=S)n2CCC(=O)NCc2cccc(COCc3ccco3)c2)cc1. The van der Waals surface area contributed by atoms with Crippen LogP contribution in [0, 0.1) is 4.77 Å². The van der Waals surface area contributed by atoms with E-state index in [1.165, 1.54) is 0 Å². The first-order chi connectivity index (χ1) is 17.1. The molecule has 182 valence electrons. The van der Waals surface area contributed by atoms with Crippen LogP contribution in [-0.4, -0.2) is 27.3 Å². The number of amides is 1. The first-order valence-electron chi connectivity index (χ1n) is 11.5. The number of nitrogens with one attached hydrogen (secondary N) is 2. The molecule has 4 aromatic rings. The molecule has 4 rings (SSSR count). The molecule has 0 aliphatic rings. The fourth-order valence-electron chi connectivity index (χ4n) is 3.61. The summed E-state index contributed by atoms with van der Waals surface area (Å²) in [6.45, 7) is 4.30. The van der Waals surface area contributed by atoms with Gasteiger partial charge in [0.15, 0.2) is 10.6 Å². The van der Waals surface area contributed by atoms with E-state index in [2.05, 4.69) is 15.5 Å². The van der Waals surface area contributed by atoms with Crippen molar-refractivity contribution in [3.05, 3.63) is 88.6 Å². The number of nitrogens with zero attached hydrogens (tertiary/aromatic N) is 2. The van der Waals surface area contributed by atoms with Crippen LogP contribution < -0.4 is 10.1 Å². The van der Waals surface area contributed by atoms with E-state index in [-0.39, 0.29) is 12.3 Å². The standard InChI is InChI=1S/C26H28N4O4S/c1-2-33-22-10-8-21(9-11-22)25-28-29-26(35)30(25)13-12-24(31)27-16-19-5-3-6-20(15-19)17-32-18-23-7-4-14-34-23/h3-11,14-15H,2,12-13,16-18H2,1H3,(H,27,31)(H,29,35). The molecule has 0 saturated heterocycles. The smallest absolute Gasteiger partial charge is 0.222 e. The average Bonchev–Trinajstić information content (AvgIpc) is 3.52. The quantitative estimate of drug-likeness (QED) is 0.270. The minimum atomic E-state index is -0.0646. The number of hydrogen-bond acceptors (Lipinski definition) is 6. The average molecular weight is 493 g/mol. The fourth-order valence-corrected chi connectivity index (χ4v) is 3.83. The lowest BCUT2D eigenvalue weighted by molar-refractivity contribution is -0.121. The van der Waals surface area contributed by atoms with Gasteiger partial charge in [0.05, 0.1) is 19.5 Å². The lowest BCUT2D eigenvalue weighted by Gasteiger charge is -2.10. The van der Waals surface area contributed by atoms with Crippen LogP contribution in [0.5, 0.6) is 5.75 Å². The van der Waals surface area contributed by atoms with E-state index >= 15 is 0 Å². The number of furan rings is 1. The number of carbonyl (C=O) groups excluding carboxylic acids is 1. The number of carbonyl (C=O) groups is 1. The highest BCUT2D eigenvalue weighted by Crippen LogP contribution is 2.21. The summed E-state index contributed by atoms with van der Waals surface area (Å²) in [6, 6.07) is 19.3. The van der Waals surface area contributed by atoms with Crippen LogP contribution in [0.1, 0.15) is 30.2 Å². The van der Waals surface area contributed by atoms with Gasteiger partial charge in [0, 0.05) is 25.1 Å². The molecule has 0 saturated carbocycles. The van der Waals surface area contributed by atoms with Crippen molar-refractivity contribution in [3.63, 3.8) is 0 Å². The van der Waals surface area contributed by atoms with Crippen molar-refractivity contribution in [2.24, 2.45) is 0 Å². The van der Waals surface area contributed by atoms with Gasteiger partial charge in [0.2, 0.25) is 5.91 Å². The predicted molar refractivity (Wildman–Crippen MR) is 134 cm³/mol. The molecular weight excluding hydrogens is 464 g/mol. The van der Waals surface area contributed by atoms with Gasteiger partial charge in [-0.3, -0.25) is 14.5 Å². The van der Waals surface area contributed by atoms with Gasteiger partial charge in [-0.15, -0.1) is 0 Å². The summed E-state index contributed by atoms with van der Waals surface area (Å²) in [6.07, 6.45) is 1.91. The highest BCUT2D eigenvalue weighted by Gasteiger charge is 2.11. The normalized spacial score (nSPS) is 10.9. The summed E-state index contributed by atoms with van der Waals surface area (Å²) in [5.74, 6) is 2.21. The van der Waals surface area contributed by atoms with Gasteiger partial charge in [0.25, 0.3) is 0 Å². The maximum atomic E-state index is 12.5. The molecule has 9 heteroatoms. The lowest BCUT2D eigenvalue weighted by Crippen LogP contribution is -2.24. The molecule has 2 aromatic heterocycles. The highest BCUT2D eigenvalue weighted by molar-refractivity contribution is 7.71. The van der Waals surface area contributed by atoms with Gasteiger partial charge in [-0.2, -0.15) is 5.10 Å². The van der Waals surface area contributed by atoms with Crippen molar-refractivity contribution in [1.82, 2.24) is 20.1 Å². The van der Waals surface area contributed by atoms with E-state index in [0.29, 0.717) is 43.5 Å². The second-order valence-electron chi connectivity index (χ2n) is 7.88. The molecule has 0 bridgehead atoms. The van der Waals surface area contributed by atoms with Gasteiger partial charge < -0.3 is 19.2 Å². The van der Waals surface area contributed by atoms with Crippen LogP contribution in [0.4, 0.5) is 0 Å². The van der Waals surface area contributed by atoms with Crippen LogP contribution in [0.25, 0.3) is 11.4 Å². The molecule has 2 heterocycles. The molecule has 0 unspecified atom stereocenters. The van der Waals surface area contributed by atoms with Crippen LogP contribution >= 0.6 is 12.2 Å². The second-order valence-corrected chi connectivity index (χ2v) is 8.27. The number of hydrogen-bond donors (Lipinski definition) is 2. The number of rotatable bonds is 12. The zero-order chi connectivity index (χ0) is 24.5. The minimum absolute atomic E-state index is 0.0646. The summed E-state index contributed by atoms with van der Waals surface area (Å²) in [5, 5.41) is 10.1. The maximum absolute atomic E-state index is 12.5. The van der Waals surface area contributed by atoms with Crippen molar-refractivity contribution >= 4 is 18.1 Å². The summed E-state index contributed by atoms with van der Waals surface area (Å²) >= 11 is 5.38. The van der Waals surface area contributed by atoms with Crippen LogP contribution in [0.3, 0.4) is 0 Å². The molecule has 0 radical (unpaired) electrons. The molecule has 35 heavy (non-hydrogen) atoms. The Morgan fingerprint density at radius 2 is 1.94 bits per heavy atom. The molecule has 8 nitrogen and oxygen atoms in total. The van der Waals surface area contributed by atoms with Gasteiger partial charge >= 0.3 is 0 Å². The summed E-state index contributed by atoms with van der Waals surface area (Å²) in [4.78, 5) is 12.5. The summed E-state index contributed by atoms with van der Waals surface area (Å²) in [7, 11) is 0. The van der Waals surface area contributed by atoms with Gasteiger partial charge in [0.1, 0.15) is 18.1 Å². The van der Waals surface area contributed by atoms with Crippen LogP contribution in [0.15, 0.2) is 71.3 Å². The Kier molecular flexibility index (Phi) is 8.48. The molecule has 0 aliphatic heterocycles. The van der Waals surface area contributed by atoms with Crippen molar-refractivity contribution in [2.45, 2.75) is 39.6 Å². The summed E-state index contributed by atoms with van der Waals surface area (Å²) < 4.78 is 18.8. The lowest BCUT2D eigenvalue weighted by atomic mass is 10.1. The van der Waals surface area contributed by atoms with E-state index in [4.69, 9.17) is 26.1 Å². The molecule has 1 amide bonds. The van der Waals surface area contributed by atoms with E-state index in [9.17, 15) is 4.79 Å². The Balaban J connectivity index is 1.28. The number of H-pyrrole nitrogens is 1. The third-order valence-corrected chi connectivity index (χ3v) is 5.63. The number of ether oxygens (including phenoxy) is 2.